The predicted molar refractivity (Wildman–Crippen MR) is 96.7 cm³/mol. The summed E-state index contributed by atoms with van der Waals surface area (Å²) in [5.74, 6) is 1.10. The zero-order valence-electron chi connectivity index (χ0n) is 15.8. The van der Waals surface area contributed by atoms with Crippen molar-refractivity contribution in [3.8, 4) is 0 Å². The minimum atomic E-state index is 0.131. The maximum absolute atomic E-state index is 11.8. The molecule has 0 spiro atoms. The van der Waals surface area contributed by atoms with Crippen molar-refractivity contribution in [2.45, 2.75) is 46.6 Å². The molecule has 6 nitrogen and oxygen atoms in total. The van der Waals surface area contributed by atoms with Crippen molar-refractivity contribution in [1.29, 1.82) is 0 Å². The monoisotopic (exact) mass is 325 g/mol. The molecule has 134 valence electrons. The average molecular weight is 326 g/mol. The summed E-state index contributed by atoms with van der Waals surface area (Å²) in [6, 6.07) is 0.292. The lowest BCUT2D eigenvalue weighted by molar-refractivity contribution is -0.129. The molecule has 1 amide bonds. The minimum absolute atomic E-state index is 0.131. The van der Waals surface area contributed by atoms with Crippen LogP contribution in [0.2, 0.25) is 0 Å². The molecule has 0 saturated carbocycles. The Balaban J connectivity index is 2.58. The number of likely N-dealkylation sites (tertiary alicyclic amines) is 1. The lowest BCUT2D eigenvalue weighted by Crippen LogP contribution is -2.45. The van der Waals surface area contributed by atoms with Crippen molar-refractivity contribution in [1.82, 2.24) is 20.4 Å². The Labute approximate surface area is 141 Å². The molecule has 6 heteroatoms. The zero-order chi connectivity index (χ0) is 17.5. The second-order valence-corrected chi connectivity index (χ2v) is 7.42. The van der Waals surface area contributed by atoms with Gasteiger partial charge in [0.15, 0.2) is 5.96 Å². The first kappa shape index (κ1) is 19.7. The van der Waals surface area contributed by atoms with Crippen LogP contribution in [0.1, 0.15) is 40.5 Å². The van der Waals surface area contributed by atoms with E-state index in [1.807, 2.05) is 11.8 Å². The molecule has 1 fully saturated rings. The first-order valence-electron chi connectivity index (χ1n) is 8.74. The van der Waals surface area contributed by atoms with Gasteiger partial charge in [-0.3, -0.25) is 9.79 Å². The quantitative estimate of drug-likeness (QED) is 0.544. The number of nitrogens with zero attached hydrogens (tertiary/aromatic N) is 3. The number of aliphatic imine (C=N–C) groups is 1. The maximum atomic E-state index is 11.8. The normalized spacial score (nSPS) is 19.3. The molecule has 1 aliphatic heterocycles. The van der Waals surface area contributed by atoms with E-state index in [0.29, 0.717) is 12.5 Å². The number of guanidine groups is 1. The summed E-state index contributed by atoms with van der Waals surface area (Å²) in [7, 11) is 4.18. The van der Waals surface area contributed by atoms with Crippen LogP contribution in [0, 0.1) is 5.41 Å². The van der Waals surface area contributed by atoms with Gasteiger partial charge in [-0.15, -0.1) is 0 Å². The third-order valence-electron chi connectivity index (χ3n) is 3.94. The molecule has 0 aliphatic carbocycles. The van der Waals surface area contributed by atoms with Crippen LogP contribution in [0.5, 0.6) is 0 Å². The summed E-state index contributed by atoms with van der Waals surface area (Å²) in [6.45, 7) is 12.7. The highest BCUT2D eigenvalue weighted by molar-refractivity contribution is 5.80. The Morgan fingerprint density at radius 2 is 2.04 bits per heavy atom. The number of rotatable bonds is 7. The van der Waals surface area contributed by atoms with E-state index in [-0.39, 0.29) is 11.3 Å². The van der Waals surface area contributed by atoms with Crippen LogP contribution in [0.3, 0.4) is 0 Å². The molecule has 0 bridgehead atoms. The average Bonchev–Trinajstić information content (AvgIpc) is 2.91. The first-order chi connectivity index (χ1) is 10.8. The highest BCUT2D eigenvalue weighted by Crippen LogP contribution is 2.16. The van der Waals surface area contributed by atoms with Gasteiger partial charge in [-0.05, 0) is 32.9 Å². The van der Waals surface area contributed by atoms with Gasteiger partial charge >= 0.3 is 0 Å². The van der Waals surface area contributed by atoms with Crippen LogP contribution in [-0.4, -0.2) is 74.5 Å². The molecule has 1 rings (SSSR count). The number of hydrogen-bond acceptors (Lipinski definition) is 3. The third-order valence-corrected chi connectivity index (χ3v) is 3.94. The summed E-state index contributed by atoms with van der Waals surface area (Å²) < 4.78 is 0. The summed E-state index contributed by atoms with van der Waals surface area (Å²) in [6.07, 6.45) is 1.57. The predicted octanol–water partition coefficient (Wildman–Crippen LogP) is 1.14. The minimum Gasteiger partial charge on any atom is -0.357 e. The van der Waals surface area contributed by atoms with Crippen LogP contribution in [0.25, 0.3) is 0 Å². The van der Waals surface area contributed by atoms with Gasteiger partial charge in [0.1, 0.15) is 0 Å². The number of amides is 1. The summed E-state index contributed by atoms with van der Waals surface area (Å²) >= 11 is 0. The van der Waals surface area contributed by atoms with Gasteiger partial charge in [-0.1, -0.05) is 20.8 Å². The van der Waals surface area contributed by atoms with Gasteiger partial charge in [-0.2, -0.15) is 0 Å². The van der Waals surface area contributed by atoms with Crippen molar-refractivity contribution < 1.29 is 4.79 Å². The number of hydrogen-bond donors (Lipinski definition) is 2. The van der Waals surface area contributed by atoms with Gasteiger partial charge in [0, 0.05) is 45.2 Å². The van der Waals surface area contributed by atoms with Crippen LogP contribution >= 0.6 is 0 Å². The lowest BCUT2D eigenvalue weighted by Gasteiger charge is -2.27. The molecule has 0 aromatic rings. The van der Waals surface area contributed by atoms with E-state index in [2.05, 4.69) is 50.4 Å². The highest BCUT2D eigenvalue weighted by atomic mass is 16.2. The van der Waals surface area contributed by atoms with E-state index in [9.17, 15) is 4.79 Å². The Hall–Kier alpha value is -1.30. The van der Waals surface area contributed by atoms with Gasteiger partial charge in [0.2, 0.25) is 5.91 Å². The third kappa shape index (κ3) is 7.20. The second-order valence-electron chi connectivity index (χ2n) is 7.42. The molecule has 0 aromatic carbocycles. The lowest BCUT2D eigenvalue weighted by atomic mass is 9.93. The van der Waals surface area contributed by atoms with Crippen molar-refractivity contribution >= 4 is 11.9 Å². The zero-order valence-corrected chi connectivity index (χ0v) is 15.8. The Morgan fingerprint density at radius 3 is 2.61 bits per heavy atom. The van der Waals surface area contributed by atoms with E-state index in [4.69, 9.17) is 4.99 Å². The van der Waals surface area contributed by atoms with E-state index in [1.54, 1.807) is 0 Å². The van der Waals surface area contributed by atoms with E-state index in [1.165, 1.54) is 0 Å². The van der Waals surface area contributed by atoms with Crippen LogP contribution in [-0.2, 0) is 4.79 Å². The van der Waals surface area contributed by atoms with Crippen LogP contribution in [0.4, 0.5) is 0 Å². The molecule has 2 N–H and O–H groups in total. The molecular formula is C17H35N5O. The fourth-order valence-electron chi connectivity index (χ4n) is 3.04. The van der Waals surface area contributed by atoms with Crippen LogP contribution < -0.4 is 10.6 Å². The summed E-state index contributed by atoms with van der Waals surface area (Å²) in [4.78, 5) is 20.7. The standard InChI is InChI=1S/C17H35N5O/c1-7-15(23)22-10-9-14(11-22)20-16(18-8-2)19-12-17(3,4)13-21(5)6/h14H,7-13H2,1-6H3,(H2,18,19,20). The van der Waals surface area contributed by atoms with E-state index < -0.39 is 0 Å². The van der Waals surface area contributed by atoms with Gasteiger partial charge in [0.05, 0.1) is 0 Å². The highest BCUT2D eigenvalue weighted by Gasteiger charge is 2.26. The van der Waals surface area contributed by atoms with Gasteiger partial charge < -0.3 is 20.4 Å². The van der Waals surface area contributed by atoms with Gasteiger partial charge in [-0.25, -0.2) is 0 Å². The molecule has 1 heterocycles. The maximum Gasteiger partial charge on any atom is 0.222 e. The smallest absolute Gasteiger partial charge is 0.222 e. The first-order valence-corrected chi connectivity index (χ1v) is 8.74. The van der Waals surface area contributed by atoms with Crippen molar-refractivity contribution in [2.75, 3.05) is 46.8 Å². The second kappa shape index (κ2) is 9.11. The molecule has 1 aliphatic rings. The van der Waals surface area contributed by atoms with E-state index >= 15 is 0 Å². The molecule has 23 heavy (non-hydrogen) atoms. The Kier molecular flexibility index (Phi) is 7.82. The Bertz CT molecular complexity index is 406. The SMILES string of the molecule is CCNC(=NCC(C)(C)CN(C)C)NC1CCN(C(=O)CC)C1. The Morgan fingerprint density at radius 1 is 1.35 bits per heavy atom. The van der Waals surface area contributed by atoms with Crippen molar-refractivity contribution in [2.24, 2.45) is 10.4 Å². The summed E-state index contributed by atoms with van der Waals surface area (Å²) in [5.41, 5.74) is 0.131. The van der Waals surface area contributed by atoms with E-state index in [0.717, 1.165) is 45.1 Å². The fourth-order valence-corrected chi connectivity index (χ4v) is 3.04. The summed E-state index contributed by atoms with van der Waals surface area (Å²) in [5, 5.41) is 6.80. The molecule has 1 saturated heterocycles. The van der Waals surface area contributed by atoms with Gasteiger partial charge in [0.25, 0.3) is 0 Å². The molecule has 1 unspecified atom stereocenters. The number of nitrogens with one attached hydrogen (secondary N) is 2. The molecule has 0 aromatic heterocycles. The molecule has 0 radical (unpaired) electrons. The van der Waals surface area contributed by atoms with Crippen LogP contribution in [0.15, 0.2) is 4.99 Å². The number of carbonyl (C=O) groups is 1. The van der Waals surface area contributed by atoms with Crippen molar-refractivity contribution in [3.63, 3.8) is 0 Å². The molecule has 1 atom stereocenters. The fraction of sp³-hybridized carbons (Fsp3) is 0.882. The molecular weight excluding hydrogens is 290 g/mol. The number of carbonyl (C=O) groups excluding carboxylic acids is 1. The largest absolute Gasteiger partial charge is 0.357 e. The topological polar surface area (TPSA) is 60.0 Å². The van der Waals surface area contributed by atoms with Crippen molar-refractivity contribution in [3.05, 3.63) is 0 Å².